The van der Waals surface area contributed by atoms with Crippen LogP contribution in [0.1, 0.15) is 31.2 Å². The molecule has 0 saturated carbocycles. The summed E-state index contributed by atoms with van der Waals surface area (Å²) in [7, 11) is 0. The third kappa shape index (κ3) is 2.02. The number of hydrogen-bond donors (Lipinski definition) is 1. The second kappa shape index (κ2) is 4.40. The van der Waals surface area contributed by atoms with Crippen LogP contribution in [0.4, 0.5) is 4.79 Å². The minimum absolute atomic E-state index is 0.124. The van der Waals surface area contributed by atoms with Crippen molar-refractivity contribution in [2.45, 2.75) is 44.3 Å². The lowest BCUT2D eigenvalue weighted by Crippen LogP contribution is -2.42. The van der Waals surface area contributed by atoms with Gasteiger partial charge in [-0.1, -0.05) is 30.3 Å². The normalized spacial score (nSPS) is 26.2. The maximum absolute atomic E-state index is 12.1. The summed E-state index contributed by atoms with van der Waals surface area (Å²) >= 11 is 0. The van der Waals surface area contributed by atoms with Crippen molar-refractivity contribution >= 4 is 6.03 Å². The van der Waals surface area contributed by atoms with Gasteiger partial charge in [0, 0.05) is 18.6 Å². The molecular weight excluding hydrogens is 212 g/mol. The van der Waals surface area contributed by atoms with Crippen LogP contribution in [0.2, 0.25) is 0 Å². The molecule has 0 unspecified atom stereocenters. The molecule has 3 heteroatoms. The number of hydrogen-bond acceptors (Lipinski definition) is 1. The molecule has 3 nitrogen and oxygen atoms in total. The lowest BCUT2D eigenvalue weighted by atomic mass is 10.0. The Labute approximate surface area is 102 Å². The molecule has 1 N–H and O–H groups in total. The van der Waals surface area contributed by atoms with Crippen molar-refractivity contribution in [3.8, 4) is 0 Å². The molecule has 0 spiro atoms. The number of carbonyl (C=O) groups excluding carboxylic acids is 1. The van der Waals surface area contributed by atoms with Crippen molar-refractivity contribution in [2.75, 3.05) is 0 Å². The van der Waals surface area contributed by atoms with Gasteiger partial charge in [0.1, 0.15) is 0 Å². The summed E-state index contributed by atoms with van der Waals surface area (Å²) in [5.74, 6) is 0. The Morgan fingerprint density at radius 3 is 2.29 bits per heavy atom. The number of benzene rings is 1. The van der Waals surface area contributed by atoms with Crippen LogP contribution in [-0.4, -0.2) is 23.0 Å². The standard InChI is InChI=1S/C14H18N2O/c17-14(15-10-11-4-2-1-3-5-11)16-12-6-7-13(16)9-8-12/h1-5,12-13H,6-10H2,(H,15,17). The molecule has 2 saturated heterocycles. The van der Waals surface area contributed by atoms with Gasteiger partial charge in [-0.15, -0.1) is 0 Å². The fraction of sp³-hybridized carbons (Fsp3) is 0.500. The van der Waals surface area contributed by atoms with Crippen LogP contribution < -0.4 is 5.32 Å². The quantitative estimate of drug-likeness (QED) is 0.832. The van der Waals surface area contributed by atoms with Gasteiger partial charge in [0.15, 0.2) is 0 Å². The lowest BCUT2D eigenvalue weighted by molar-refractivity contribution is 0.191. The molecule has 2 amide bonds. The van der Waals surface area contributed by atoms with Gasteiger partial charge in [-0.2, -0.15) is 0 Å². The molecule has 0 aromatic heterocycles. The minimum Gasteiger partial charge on any atom is -0.334 e. The predicted molar refractivity (Wildman–Crippen MR) is 66.6 cm³/mol. The van der Waals surface area contributed by atoms with E-state index >= 15 is 0 Å². The number of urea groups is 1. The molecule has 90 valence electrons. The molecule has 0 atom stereocenters. The summed E-state index contributed by atoms with van der Waals surface area (Å²) in [4.78, 5) is 14.2. The molecule has 1 aromatic carbocycles. The van der Waals surface area contributed by atoms with E-state index in [0.29, 0.717) is 18.6 Å². The van der Waals surface area contributed by atoms with Crippen molar-refractivity contribution in [3.05, 3.63) is 35.9 Å². The zero-order valence-corrected chi connectivity index (χ0v) is 9.93. The van der Waals surface area contributed by atoms with Crippen LogP contribution >= 0.6 is 0 Å². The van der Waals surface area contributed by atoms with Gasteiger partial charge >= 0.3 is 6.03 Å². The van der Waals surface area contributed by atoms with E-state index in [1.54, 1.807) is 0 Å². The van der Waals surface area contributed by atoms with Crippen LogP contribution in [0.5, 0.6) is 0 Å². The Morgan fingerprint density at radius 2 is 1.71 bits per heavy atom. The third-order valence-corrected chi connectivity index (χ3v) is 3.97. The SMILES string of the molecule is O=C(NCc1ccccc1)N1C2CCC1CC2. The lowest BCUT2D eigenvalue weighted by Gasteiger charge is -2.22. The fourth-order valence-corrected chi connectivity index (χ4v) is 3.11. The molecule has 17 heavy (non-hydrogen) atoms. The highest BCUT2D eigenvalue weighted by atomic mass is 16.2. The van der Waals surface area contributed by atoms with Crippen molar-refractivity contribution in [2.24, 2.45) is 0 Å². The van der Waals surface area contributed by atoms with E-state index in [4.69, 9.17) is 0 Å². The van der Waals surface area contributed by atoms with Crippen molar-refractivity contribution in [1.29, 1.82) is 0 Å². The van der Waals surface area contributed by atoms with Crippen molar-refractivity contribution in [1.82, 2.24) is 10.2 Å². The summed E-state index contributed by atoms with van der Waals surface area (Å²) in [6.45, 7) is 0.635. The first-order valence-electron chi connectivity index (χ1n) is 6.44. The smallest absolute Gasteiger partial charge is 0.318 e. The highest BCUT2D eigenvalue weighted by Gasteiger charge is 2.41. The second-order valence-electron chi connectivity index (χ2n) is 5.01. The number of nitrogens with one attached hydrogen (secondary N) is 1. The summed E-state index contributed by atoms with van der Waals surface area (Å²) in [5.41, 5.74) is 1.16. The molecule has 2 heterocycles. The molecular formula is C14H18N2O. The minimum atomic E-state index is 0.124. The van der Waals surface area contributed by atoms with E-state index in [0.717, 1.165) is 5.56 Å². The number of carbonyl (C=O) groups is 1. The Bertz CT molecular complexity index is 384. The monoisotopic (exact) mass is 230 g/mol. The van der Waals surface area contributed by atoms with E-state index in [1.165, 1.54) is 25.7 Å². The molecule has 3 rings (SSSR count). The number of rotatable bonds is 2. The first-order valence-corrected chi connectivity index (χ1v) is 6.44. The Hall–Kier alpha value is -1.51. The van der Waals surface area contributed by atoms with E-state index in [9.17, 15) is 4.79 Å². The highest BCUT2D eigenvalue weighted by molar-refractivity contribution is 5.75. The van der Waals surface area contributed by atoms with Gasteiger partial charge in [0.2, 0.25) is 0 Å². The van der Waals surface area contributed by atoms with Gasteiger partial charge in [0.05, 0.1) is 0 Å². The Balaban J connectivity index is 1.58. The average molecular weight is 230 g/mol. The number of fused-ring (bicyclic) bond motifs is 2. The van der Waals surface area contributed by atoms with Gasteiger partial charge in [-0.25, -0.2) is 4.79 Å². The second-order valence-corrected chi connectivity index (χ2v) is 5.01. The van der Waals surface area contributed by atoms with Gasteiger partial charge in [-0.3, -0.25) is 0 Å². The van der Waals surface area contributed by atoms with E-state index < -0.39 is 0 Å². The molecule has 2 bridgehead atoms. The summed E-state index contributed by atoms with van der Waals surface area (Å²) in [6.07, 6.45) is 4.79. The number of nitrogens with zero attached hydrogens (tertiary/aromatic N) is 1. The van der Waals surface area contributed by atoms with Crippen LogP contribution in [0, 0.1) is 0 Å². The van der Waals surface area contributed by atoms with E-state index in [2.05, 4.69) is 10.2 Å². The summed E-state index contributed by atoms with van der Waals surface area (Å²) < 4.78 is 0. The molecule has 2 fully saturated rings. The van der Waals surface area contributed by atoms with Crippen molar-refractivity contribution in [3.63, 3.8) is 0 Å². The van der Waals surface area contributed by atoms with Crippen LogP contribution in [0.25, 0.3) is 0 Å². The van der Waals surface area contributed by atoms with Crippen LogP contribution in [0.3, 0.4) is 0 Å². The molecule has 0 radical (unpaired) electrons. The highest BCUT2D eigenvalue weighted by Crippen LogP contribution is 2.37. The predicted octanol–water partition coefficient (Wildman–Crippen LogP) is 2.52. The summed E-state index contributed by atoms with van der Waals surface area (Å²) in [6, 6.07) is 11.2. The average Bonchev–Trinajstić information content (AvgIpc) is 2.97. The zero-order valence-electron chi connectivity index (χ0n) is 9.93. The maximum Gasteiger partial charge on any atom is 0.318 e. The van der Waals surface area contributed by atoms with E-state index in [-0.39, 0.29) is 6.03 Å². The molecule has 0 aliphatic carbocycles. The Kier molecular flexibility index (Phi) is 2.75. The van der Waals surface area contributed by atoms with Crippen molar-refractivity contribution < 1.29 is 4.79 Å². The van der Waals surface area contributed by atoms with Gasteiger partial charge in [-0.05, 0) is 31.2 Å². The van der Waals surface area contributed by atoms with Crippen LogP contribution in [0.15, 0.2) is 30.3 Å². The zero-order chi connectivity index (χ0) is 11.7. The summed E-state index contributed by atoms with van der Waals surface area (Å²) in [5, 5.41) is 3.03. The molecule has 2 aliphatic rings. The maximum atomic E-state index is 12.1. The fourth-order valence-electron chi connectivity index (χ4n) is 3.11. The molecule has 2 aliphatic heterocycles. The first kappa shape index (κ1) is 10.6. The number of amides is 2. The van der Waals surface area contributed by atoms with E-state index in [1.807, 2.05) is 30.3 Å². The van der Waals surface area contributed by atoms with Gasteiger partial charge in [0.25, 0.3) is 0 Å². The largest absolute Gasteiger partial charge is 0.334 e. The topological polar surface area (TPSA) is 32.3 Å². The molecule has 1 aromatic rings. The Morgan fingerprint density at radius 1 is 1.12 bits per heavy atom. The van der Waals surface area contributed by atoms with Crippen LogP contribution in [-0.2, 0) is 6.54 Å². The third-order valence-electron chi connectivity index (χ3n) is 3.97. The first-order chi connectivity index (χ1) is 8.34. The van der Waals surface area contributed by atoms with Gasteiger partial charge < -0.3 is 10.2 Å².